The molecule has 2 fully saturated rings. The van der Waals surface area contributed by atoms with Gasteiger partial charge in [0, 0.05) is 0 Å². The molecule has 2 unspecified atom stereocenters. The van der Waals surface area contributed by atoms with Crippen LogP contribution in [-0.4, -0.2) is 36.0 Å². The number of hydrogen-bond donors (Lipinski definition) is 0. The molecule has 2 rings (SSSR count). The molecular weight excluding hydrogens is 314 g/mol. The normalized spacial score (nSPS) is 30.0. The quantitative estimate of drug-likeness (QED) is 0.435. The van der Waals surface area contributed by atoms with Crippen LogP contribution in [0.15, 0.2) is 0 Å². The fourth-order valence-corrected chi connectivity index (χ4v) is 11.8. The minimum absolute atomic E-state index is 0.414. The van der Waals surface area contributed by atoms with Crippen molar-refractivity contribution >= 4 is 15.8 Å². The van der Waals surface area contributed by atoms with Crippen molar-refractivity contribution in [1.29, 1.82) is 0 Å². The van der Waals surface area contributed by atoms with Crippen molar-refractivity contribution in [3.63, 3.8) is 0 Å². The molecule has 140 valence electrons. The van der Waals surface area contributed by atoms with E-state index < -0.39 is 0 Å². The summed E-state index contributed by atoms with van der Waals surface area (Å²) in [4.78, 5) is 0. The van der Waals surface area contributed by atoms with Gasteiger partial charge in [-0.15, -0.1) is 15.8 Å². The smallest absolute Gasteiger partial charge is 0.0186 e. The Morgan fingerprint density at radius 2 is 1.04 bits per heavy atom. The summed E-state index contributed by atoms with van der Waals surface area (Å²) in [7, 11) is 0.827. The van der Waals surface area contributed by atoms with E-state index in [0.717, 1.165) is 23.2 Å². The lowest BCUT2D eigenvalue weighted by Gasteiger charge is -2.28. The molecule has 0 aliphatic carbocycles. The van der Waals surface area contributed by atoms with Gasteiger partial charge in [0.05, 0.1) is 0 Å². The van der Waals surface area contributed by atoms with E-state index in [9.17, 15) is 0 Å². The van der Waals surface area contributed by atoms with Crippen molar-refractivity contribution in [2.45, 2.75) is 98.8 Å². The maximum atomic E-state index is 2.46. The van der Waals surface area contributed by atoms with Crippen LogP contribution in [0, 0.1) is 11.8 Å². The SMILES string of the molecule is CC.CC(C)[C@@H]1CCCP1CCP1CCC[C@H]1C(C)C.CCC. The second kappa shape index (κ2) is 14.1. The van der Waals surface area contributed by atoms with Crippen LogP contribution in [0.2, 0.25) is 0 Å². The van der Waals surface area contributed by atoms with E-state index in [1.807, 2.05) is 13.8 Å². The topological polar surface area (TPSA) is 0 Å². The molecule has 0 aromatic carbocycles. The molecule has 2 aliphatic rings. The fourth-order valence-electron chi connectivity index (χ4n) is 4.03. The molecule has 0 aromatic heterocycles. The monoisotopic (exact) mass is 360 g/mol. The van der Waals surface area contributed by atoms with Gasteiger partial charge in [0.15, 0.2) is 0 Å². The van der Waals surface area contributed by atoms with Crippen molar-refractivity contribution in [3.8, 4) is 0 Å². The Morgan fingerprint density at radius 3 is 1.30 bits per heavy atom. The zero-order valence-electron chi connectivity index (χ0n) is 17.6. The first-order valence-electron chi connectivity index (χ1n) is 10.5. The largest absolute Gasteiger partial charge is 0.103 e. The maximum absolute atomic E-state index is 2.46. The third kappa shape index (κ3) is 8.68. The molecule has 0 amide bonds. The van der Waals surface area contributed by atoms with Gasteiger partial charge >= 0.3 is 0 Å². The van der Waals surface area contributed by atoms with Gasteiger partial charge in [0.1, 0.15) is 0 Å². The van der Waals surface area contributed by atoms with E-state index >= 15 is 0 Å². The van der Waals surface area contributed by atoms with Crippen LogP contribution in [0.4, 0.5) is 0 Å². The van der Waals surface area contributed by atoms with Gasteiger partial charge in [0.25, 0.3) is 0 Å². The van der Waals surface area contributed by atoms with Crippen molar-refractivity contribution in [2.24, 2.45) is 11.8 Å². The molecule has 2 heterocycles. The van der Waals surface area contributed by atoms with Gasteiger partial charge in [-0.1, -0.05) is 61.8 Å². The van der Waals surface area contributed by atoms with Crippen LogP contribution in [0.25, 0.3) is 0 Å². The molecule has 4 atom stereocenters. The summed E-state index contributed by atoms with van der Waals surface area (Å²) < 4.78 is 0. The molecule has 2 saturated heterocycles. The second-order valence-electron chi connectivity index (χ2n) is 7.69. The third-order valence-corrected chi connectivity index (χ3v) is 12.4. The molecule has 0 radical (unpaired) electrons. The Bertz CT molecular complexity index is 237. The highest BCUT2D eigenvalue weighted by atomic mass is 31.1. The second-order valence-corrected chi connectivity index (χ2v) is 13.2. The highest BCUT2D eigenvalue weighted by Crippen LogP contribution is 2.58. The molecular formula is C21H46P2. The predicted octanol–water partition coefficient (Wildman–Crippen LogP) is 8.03. The lowest BCUT2D eigenvalue weighted by Crippen LogP contribution is -2.14. The summed E-state index contributed by atoms with van der Waals surface area (Å²) in [5, 5.41) is 0. The molecule has 0 bridgehead atoms. The molecule has 0 saturated carbocycles. The zero-order chi connectivity index (χ0) is 17.8. The predicted molar refractivity (Wildman–Crippen MR) is 116 cm³/mol. The molecule has 0 N–H and O–H groups in total. The summed E-state index contributed by atoms with van der Waals surface area (Å²) in [5.74, 6) is 1.91. The highest BCUT2D eigenvalue weighted by Gasteiger charge is 2.32. The van der Waals surface area contributed by atoms with Crippen LogP contribution in [0.1, 0.15) is 87.5 Å². The minimum atomic E-state index is 0.414. The van der Waals surface area contributed by atoms with Gasteiger partial charge in [-0.3, -0.25) is 0 Å². The molecule has 0 spiro atoms. The van der Waals surface area contributed by atoms with E-state index in [1.54, 1.807) is 50.3 Å². The molecule has 2 aliphatic heterocycles. The van der Waals surface area contributed by atoms with E-state index in [2.05, 4.69) is 41.5 Å². The first-order valence-corrected chi connectivity index (χ1v) is 14.1. The molecule has 0 aromatic rings. The Hall–Kier alpha value is 0.860. The zero-order valence-corrected chi connectivity index (χ0v) is 19.4. The van der Waals surface area contributed by atoms with Gasteiger partial charge in [-0.05, 0) is 73.5 Å². The van der Waals surface area contributed by atoms with Gasteiger partial charge in [-0.2, -0.15) is 0 Å². The standard InChI is InChI=1S/C16H32P2.C3H8.C2H6/c1-13(2)15-7-5-9-17(15)11-12-18-10-6-8-16(18)14(3)4;1-3-2;1-2/h13-16H,5-12H2,1-4H3;3H2,1-2H3;1-2H3/t15-,16-,17?,18?;;/m0../s1. The minimum Gasteiger partial charge on any atom is -0.103 e. The van der Waals surface area contributed by atoms with Crippen LogP contribution < -0.4 is 0 Å². The lowest BCUT2D eigenvalue weighted by atomic mass is 10.1. The number of rotatable bonds is 5. The van der Waals surface area contributed by atoms with Crippen molar-refractivity contribution in [1.82, 2.24) is 0 Å². The molecule has 23 heavy (non-hydrogen) atoms. The summed E-state index contributed by atoms with van der Waals surface area (Å²) >= 11 is 0. The summed E-state index contributed by atoms with van der Waals surface area (Å²) in [5.41, 5.74) is 2.24. The Labute approximate surface area is 151 Å². The Morgan fingerprint density at radius 1 is 0.739 bits per heavy atom. The van der Waals surface area contributed by atoms with Crippen LogP contribution in [0.5, 0.6) is 0 Å². The van der Waals surface area contributed by atoms with E-state index in [-0.39, 0.29) is 0 Å². The molecule has 0 nitrogen and oxygen atoms in total. The summed E-state index contributed by atoms with van der Waals surface area (Å²) in [6, 6.07) is 0. The van der Waals surface area contributed by atoms with E-state index in [4.69, 9.17) is 0 Å². The van der Waals surface area contributed by atoms with Gasteiger partial charge in [-0.25, -0.2) is 0 Å². The Kier molecular flexibility index (Phi) is 14.6. The van der Waals surface area contributed by atoms with Crippen LogP contribution in [-0.2, 0) is 0 Å². The summed E-state index contributed by atoms with van der Waals surface area (Å²) in [6.07, 6.45) is 13.9. The summed E-state index contributed by atoms with van der Waals surface area (Å²) in [6.45, 7) is 18.1. The lowest BCUT2D eigenvalue weighted by molar-refractivity contribution is 0.581. The first-order chi connectivity index (χ1) is 11.0. The van der Waals surface area contributed by atoms with Crippen molar-refractivity contribution < 1.29 is 0 Å². The number of hydrogen-bond acceptors (Lipinski definition) is 0. The average molecular weight is 361 g/mol. The van der Waals surface area contributed by atoms with E-state index in [1.165, 1.54) is 6.42 Å². The molecule has 2 heteroatoms. The maximum Gasteiger partial charge on any atom is -0.0186 e. The Balaban J connectivity index is 0.000000868. The highest BCUT2D eigenvalue weighted by molar-refractivity contribution is 7.62. The van der Waals surface area contributed by atoms with Crippen molar-refractivity contribution in [3.05, 3.63) is 0 Å². The third-order valence-electron chi connectivity index (χ3n) is 5.04. The van der Waals surface area contributed by atoms with Crippen molar-refractivity contribution in [2.75, 3.05) is 24.6 Å². The van der Waals surface area contributed by atoms with Gasteiger partial charge in [0.2, 0.25) is 0 Å². The van der Waals surface area contributed by atoms with Crippen LogP contribution in [0.3, 0.4) is 0 Å². The van der Waals surface area contributed by atoms with E-state index in [0.29, 0.717) is 15.8 Å². The fraction of sp³-hybridized carbons (Fsp3) is 1.00. The first kappa shape index (κ1) is 23.9. The van der Waals surface area contributed by atoms with Crippen LogP contribution >= 0.6 is 15.8 Å². The van der Waals surface area contributed by atoms with Gasteiger partial charge < -0.3 is 0 Å². The average Bonchev–Trinajstić information content (AvgIpc) is 3.17.